The molecule has 0 bridgehead atoms. The SMILES string of the molecule is [CH]C(C)OC(=O)C(C)(CC)CC(CC(C)(C)C(=O)OCCC)C(N)=O. The molecule has 0 fully saturated rings. The van der Waals surface area contributed by atoms with Crippen molar-refractivity contribution in [2.45, 2.75) is 73.3 Å². The van der Waals surface area contributed by atoms with Gasteiger partial charge in [0.1, 0.15) is 6.10 Å². The van der Waals surface area contributed by atoms with Crippen molar-refractivity contribution in [3.05, 3.63) is 6.92 Å². The molecule has 2 N–H and O–H groups in total. The largest absolute Gasteiger partial charge is 0.465 e. The Hall–Kier alpha value is -1.59. The van der Waals surface area contributed by atoms with Gasteiger partial charge in [0.15, 0.2) is 0 Å². The van der Waals surface area contributed by atoms with Gasteiger partial charge in [0.25, 0.3) is 0 Å². The Kier molecular flexibility index (Phi) is 9.16. The molecule has 0 aromatic heterocycles. The van der Waals surface area contributed by atoms with E-state index in [0.29, 0.717) is 13.0 Å². The first-order valence-electron chi connectivity index (χ1n) is 8.82. The molecule has 0 aromatic rings. The van der Waals surface area contributed by atoms with E-state index in [2.05, 4.69) is 0 Å². The molecule has 0 aromatic carbocycles. The van der Waals surface area contributed by atoms with Crippen molar-refractivity contribution in [2.75, 3.05) is 6.61 Å². The number of ether oxygens (including phenoxy) is 2. The first-order valence-corrected chi connectivity index (χ1v) is 8.82. The van der Waals surface area contributed by atoms with E-state index in [1.165, 1.54) is 0 Å². The third-order valence-corrected chi connectivity index (χ3v) is 4.41. The van der Waals surface area contributed by atoms with Crippen LogP contribution in [0.4, 0.5) is 0 Å². The fourth-order valence-electron chi connectivity index (χ4n) is 2.59. The van der Waals surface area contributed by atoms with E-state index in [0.717, 1.165) is 6.42 Å². The summed E-state index contributed by atoms with van der Waals surface area (Å²) >= 11 is 0. The monoisotopic (exact) mass is 355 g/mol. The maximum Gasteiger partial charge on any atom is 0.312 e. The van der Waals surface area contributed by atoms with Crippen molar-refractivity contribution in [3.63, 3.8) is 0 Å². The normalized spacial score (nSPS) is 15.4. The first kappa shape index (κ1) is 23.4. The molecule has 3 unspecified atom stereocenters. The van der Waals surface area contributed by atoms with Gasteiger partial charge in [0, 0.05) is 12.8 Å². The number of carbonyl (C=O) groups excluding carboxylic acids is 3. The van der Waals surface area contributed by atoms with Gasteiger partial charge in [-0.15, -0.1) is 0 Å². The number of nitrogens with two attached hydrogens (primary N) is 1. The molecule has 0 saturated heterocycles. The predicted octanol–water partition coefficient (Wildman–Crippen LogP) is 2.91. The van der Waals surface area contributed by atoms with E-state index in [1.807, 2.05) is 13.8 Å². The molecule has 6 nitrogen and oxygen atoms in total. The van der Waals surface area contributed by atoms with Crippen molar-refractivity contribution >= 4 is 17.8 Å². The molecule has 0 rings (SSSR count). The second-order valence-electron chi connectivity index (χ2n) is 7.55. The van der Waals surface area contributed by atoms with E-state index in [1.54, 1.807) is 27.7 Å². The third-order valence-electron chi connectivity index (χ3n) is 4.41. The van der Waals surface area contributed by atoms with Gasteiger partial charge in [-0.25, -0.2) is 0 Å². The van der Waals surface area contributed by atoms with Gasteiger partial charge in [-0.1, -0.05) is 13.8 Å². The van der Waals surface area contributed by atoms with Crippen LogP contribution in [0.25, 0.3) is 0 Å². The van der Waals surface area contributed by atoms with E-state index in [-0.39, 0.29) is 18.8 Å². The third kappa shape index (κ3) is 7.45. The molecule has 25 heavy (non-hydrogen) atoms. The standard InChI is InChI=1S/C19H33NO5/c1-8-10-24-16(22)18(5,6)11-14(15(20)21)12-19(7,9-2)17(23)25-13(3)4/h3,13-14H,8-12H2,1-2,4-7H3,(H2,20,21). The molecule has 0 aliphatic heterocycles. The van der Waals surface area contributed by atoms with E-state index >= 15 is 0 Å². The Morgan fingerprint density at radius 2 is 1.64 bits per heavy atom. The summed E-state index contributed by atoms with van der Waals surface area (Å²) in [6.07, 6.45) is 0.841. The van der Waals surface area contributed by atoms with Gasteiger partial charge in [0.2, 0.25) is 5.91 Å². The fraction of sp³-hybridized carbons (Fsp3) is 0.789. The van der Waals surface area contributed by atoms with E-state index in [9.17, 15) is 14.4 Å². The van der Waals surface area contributed by atoms with Crippen LogP contribution in [0.2, 0.25) is 0 Å². The Morgan fingerprint density at radius 3 is 2.04 bits per heavy atom. The average Bonchev–Trinajstić information content (AvgIpc) is 2.50. The van der Waals surface area contributed by atoms with Gasteiger partial charge in [-0.05, 0) is 53.4 Å². The quantitative estimate of drug-likeness (QED) is 0.575. The summed E-state index contributed by atoms with van der Waals surface area (Å²) in [5, 5.41) is 0. The Labute approximate surface area is 151 Å². The van der Waals surface area contributed by atoms with Gasteiger partial charge < -0.3 is 15.2 Å². The molecule has 0 heterocycles. The predicted molar refractivity (Wildman–Crippen MR) is 95.2 cm³/mol. The average molecular weight is 355 g/mol. The van der Waals surface area contributed by atoms with Crippen LogP contribution in [0.1, 0.15) is 67.2 Å². The summed E-state index contributed by atoms with van der Waals surface area (Å²) in [6, 6.07) is 0. The summed E-state index contributed by atoms with van der Waals surface area (Å²) in [5.74, 6) is -2.06. The van der Waals surface area contributed by atoms with Gasteiger partial charge >= 0.3 is 11.9 Å². The number of hydrogen-bond donors (Lipinski definition) is 1. The molecule has 1 amide bonds. The summed E-state index contributed by atoms with van der Waals surface area (Å²) in [5.41, 5.74) is 3.75. The van der Waals surface area contributed by atoms with Crippen molar-refractivity contribution in [3.8, 4) is 0 Å². The molecular formula is C19H33NO5. The minimum Gasteiger partial charge on any atom is -0.465 e. The lowest BCUT2D eigenvalue weighted by molar-refractivity contribution is -0.160. The maximum absolute atomic E-state index is 12.4. The topological polar surface area (TPSA) is 95.7 Å². The molecule has 6 heteroatoms. The molecule has 2 radical (unpaired) electrons. The number of primary amides is 1. The van der Waals surface area contributed by atoms with Crippen LogP contribution in [-0.4, -0.2) is 30.6 Å². The van der Waals surface area contributed by atoms with Crippen LogP contribution in [0, 0.1) is 23.7 Å². The van der Waals surface area contributed by atoms with Gasteiger partial charge in [-0.2, -0.15) is 0 Å². The van der Waals surface area contributed by atoms with Crippen molar-refractivity contribution < 1.29 is 23.9 Å². The van der Waals surface area contributed by atoms with Crippen molar-refractivity contribution in [2.24, 2.45) is 22.5 Å². The lowest BCUT2D eigenvalue weighted by Crippen LogP contribution is -2.40. The minimum absolute atomic E-state index is 0.189. The smallest absolute Gasteiger partial charge is 0.312 e. The summed E-state index contributed by atoms with van der Waals surface area (Å²) in [7, 11) is 0. The van der Waals surface area contributed by atoms with E-state index in [4.69, 9.17) is 22.1 Å². The Balaban J connectivity index is 5.25. The highest BCUT2D eigenvalue weighted by Crippen LogP contribution is 2.37. The zero-order chi connectivity index (χ0) is 19.8. The maximum atomic E-state index is 12.4. The van der Waals surface area contributed by atoms with Gasteiger partial charge in [-0.3, -0.25) is 14.4 Å². The van der Waals surface area contributed by atoms with Crippen LogP contribution < -0.4 is 5.73 Å². The number of rotatable bonds is 11. The molecule has 3 atom stereocenters. The zero-order valence-corrected chi connectivity index (χ0v) is 16.4. The Bertz CT molecular complexity index is 472. The number of amides is 1. The van der Waals surface area contributed by atoms with Gasteiger partial charge in [0.05, 0.1) is 17.4 Å². The summed E-state index contributed by atoms with van der Waals surface area (Å²) in [6.45, 7) is 16.3. The van der Waals surface area contributed by atoms with Crippen LogP contribution in [0.5, 0.6) is 0 Å². The molecule has 144 valence electrons. The van der Waals surface area contributed by atoms with Crippen LogP contribution in [0.15, 0.2) is 0 Å². The second-order valence-corrected chi connectivity index (χ2v) is 7.55. The number of carbonyl (C=O) groups is 3. The van der Waals surface area contributed by atoms with E-state index < -0.39 is 34.7 Å². The van der Waals surface area contributed by atoms with Crippen LogP contribution >= 0.6 is 0 Å². The molecule has 0 aliphatic carbocycles. The lowest BCUT2D eigenvalue weighted by atomic mass is 9.73. The highest BCUT2D eigenvalue weighted by atomic mass is 16.5. The second kappa shape index (κ2) is 9.78. The highest BCUT2D eigenvalue weighted by molar-refractivity contribution is 5.82. The minimum atomic E-state index is -0.906. The number of esters is 2. The molecular weight excluding hydrogens is 322 g/mol. The van der Waals surface area contributed by atoms with Crippen LogP contribution in [-0.2, 0) is 23.9 Å². The first-order chi connectivity index (χ1) is 11.4. The lowest BCUT2D eigenvalue weighted by Gasteiger charge is -2.33. The fourth-order valence-corrected chi connectivity index (χ4v) is 2.59. The highest BCUT2D eigenvalue weighted by Gasteiger charge is 2.41. The molecule has 0 spiro atoms. The summed E-state index contributed by atoms with van der Waals surface area (Å²) < 4.78 is 10.3. The Morgan fingerprint density at radius 1 is 1.08 bits per heavy atom. The zero-order valence-electron chi connectivity index (χ0n) is 16.4. The summed E-state index contributed by atoms with van der Waals surface area (Å²) in [4.78, 5) is 36.5. The molecule has 0 aliphatic rings. The van der Waals surface area contributed by atoms with Crippen molar-refractivity contribution in [1.82, 2.24) is 0 Å². The van der Waals surface area contributed by atoms with Crippen LogP contribution in [0.3, 0.4) is 0 Å². The number of hydrogen-bond acceptors (Lipinski definition) is 5. The van der Waals surface area contributed by atoms with Crippen molar-refractivity contribution in [1.29, 1.82) is 0 Å². The molecule has 0 saturated carbocycles.